The summed E-state index contributed by atoms with van der Waals surface area (Å²) in [5.41, 5.74) is -0.144. The van der Waals surface area contributed by atoms with Gasteiger partial charge < -0.3 is 10.1 Å². The number of ketones is 1. The highest BCUT2D eigenvalue weighted by Crippen LogP contribution is 2.24. The fraction of sp³-hybridized carbons (Fsp3) is 0.231. The SMILES string of the molecule is C=CCNC(=O)COc1ccc([N+](=O)[O-])cc1C(C)=O. The molecule has 0 saturated carbocycles. The van der Waals surface area contributed by atoms with E-state index in [4.69, 9.17) is 4.74 Å². The van der Waals surface area contributed by atoms with Crippen LogP contribution < -0.4 is 10.1 Å². The monoisotopic (exact) mass is 278 g/mol. The van der Waals surface area contributed by atoms with Crippen molar-refractivity contribution >= 4 is 17.4 Å². The molecule has 1 N–H and O–H groups in total. The van der Waals surface area contributed by atoms with Crippen molar-refractivity contribution in [1.29, 1.82) is 0 Å². The van der Waals surface area contributed by atoms with E-state index in [-0.39, 0.29) is 35.3 Å². The van der Waals surface area contributed by atoms with Crippen molar-refractivity contribution in [3.05, 3.63) is 46.5 Å². The molecule has 0 aliphatic heterocycles. The Hall–Kier alpha value is -2.70. The number of nitro groups is 1. The number of carbonyl (C=O) groups excluding carboxylic acids is 2. The minimum atomic E-state index is -0.604. The summed E-state index contributed by atoms with van der Waals surface area (Å²) in [5.74, 6) is -0.621. The summed E-state index contributed by atoms with van der Waals surface area (Å²) >= 11 is 0. The molecule has 1 rings (SSSR count). The summed E-state index contributed by atoms with van der Waals surface area (Å²) in [7, 11) is 0. The first-order valence-electron chi connectivity index (χ1n) is 5.75. The molecule has 0 radical (unpaired) electrons. The summed E-state index contributed by atoms with van der Waals surface area (Å²) in [6.07, 6.45) is 1.52. The van der Waals surface area contributed by atoms with E-state index in [9.17, 15) is 19.7 Å². The molecule has 1 aromatic rings. The molecule has 0 fully saturated rings. The summed E-state index contributed by atoms with van der Waals surface area (Å²) in [6.45, 7) is 4.74. The second-order valence-corrected chi connectivity index (χ2v) is 3.88. The van der Waals surface area contributed by atoms with Gasteiger partial charge in [-0.15, -0.1) is 6.58 Å². The molecule has 7 nitrogen and oxygen atoms in total. The highest BCUT2D eigenvalue weighted by Gasteiger charge is 2.15. The van der Waals surface area contributed by atoms with Gasteiger partial charge in [-0.3, -0.25) is 19.7 Å². The van der Waals surface area contributed by atoms with Crippen molar-refractivity contribution in [3.63, 3.8) is 0 Å². The Morgan fingerprint density at radius 2 is 2.20 bits per heavy atom. The van der Waals surface area contributed by atoms with E-state index in [0.29, 0.717) is 6.54 Å². The average Bonchev–Trinajstić information content (AvgIpc) is 2.42. The Morgan fingerprint density at radius 3 is 2.75 bits per heavy atom. The molecule has 20 heavy (non-hydrogen) atoms. The van der Waals surface area contributed by atoms with Crippen LogP contribution in [0.2, 0.25) is 0 Å². The van der Waals surface area contributed by atoms with Gasteiger partial charge in [-0.05, 0) is 13.0 Å². The lowest BCUT2D eigenvalue weighted by atomic mass is 10.1. The van der Waals surface area contributed by atoms with Crippen LogP contribution in [-0.2, 0) is 4.79 Å². The van der Waals surface area contributed by atoms with Crippen molar-refractivity contribution < 1.29 is 19.2 Å². The van der Waals surface area contributed by atoms with Gasteiger partial charge in [0.15, 0.2) is 12.4 Å². The maximum atomic E-state index is 11.4. The Morgan fingerprint density at radius 1 is 1.50 bits per heavy atom. The maximum absolute atomic E-state index is 11.4. The molecule has 106 valence electrons. The molecule has 7 heteroatoms. The van der Waals surface area contributed by atoms with Crippen molar-refractivity contribution in [2.45, 2.75) is 6.92 Å². The molecular formula is C13H14N2O5. The maximum Gasteiger partial charge on any atom is 0.270 e. The lowest BCUT2D eigenvalue weighted by Gasteiger charge is -2.09. The van der Waals surface area contributed by atoms with Gasteiger partial charge in [-0.25, -0.2) is 0 Å². The number of amides is 1. The van der Waals surface area contributed by atoms with Gasteiger partial charge >= 0.3 is 0 Å². The van der Waals surface area contributed by atoms with Crippen molar-refractivity contribution in [1.82, 2.24) is 5.32 Å². The number of rotatable bonds is 7. The standard InChI is InChI=1S/C13H14N2O5/c1-3-6-14-13(17)8-20-12-5-4-10(15(18)19)7-11(12)9(2)16/h3-5,7H,1,6,8H2,2H3,(H,14,17). The molecule has 0 bridgehead atoms. The van der Waals surface area contributed by atoms with Gasteiger partial charge in [0.2, 0.25) is 0 Å². The topological polar surface area (TPSA) is 98.5 Å². The first-order chi connectivity index (χ1) is 9.45. The van der Waals surface area contributed by atoms with Gasteiger partial charge in [0.1, 0.15) is 5.75 Å². The van der Waals surface area contributed by atoms with Crippen LogP contribution in [0.25, 0.3) is 0 Å². The van der Waals surface area contributed by atoms with E-state index < -0.39 is 4.92 Å². The zero-order chi connectivity index (χ0) is 15.1. The second kappa shape index (κ2) is 7.03. The average molecular weight is 278 g/mol. The van der Waals surface area contributed by atoms with Crippen LogP contribution in [0.3, 0.4) is 0 Å². The smallest absolute Gasteiger partial charge is 0.270 e. The number of nitro benzene ring substituents is 1. The quantitative estimate of drug-likeness (QED) is 0.352. The van der Waals surface area contributed by atoms with E-state index in [2.05, 4.69) is 11.9 Å². The number of nitrogens with zero attached hydrogens (tertiary/aromatic N) is 1. The number of benzene rings is 1. The largest absolute Gasteiger partial charge is 0.483 e. The Bertz CT molecular complexity index is 554. The number of Topliss-reactive ketones (excluding diaryl/α,β-unsaturated/α-hetero) is 1. The van der Waals surface area contributed by atoms with Crippen molar-refractivity contribution in [2.24, 2.45) is 0 Å². The molecule has 0 unspecified atom stereocenters. The fourth-order valence-electron chi connectivity index (χ4n) is 1.41. The second-order valence-electron chi connectivity index (χ2n) is 3.88. The van der Waals surface area contributed by atoms with E-state index >= 15 is 0 Å². The molecule has 1 aromatic carbocycles. The summed E-state index contributed by atoms with van der Waals surface area (Å²) < 4.78 is 5.20. The number of hydrogen-bond donors (Lipinski definition) is 1. The number of carbonyl (C=O) groups is 2. The molecular weight excluding hydrogens is 264 g/mol. The third kappa shape index (κ3) is 4.20. The highest BCUT2D eigenvalue weighted by molar-refractivity contribution is 5.97. The van der Waals surface area contributed by atoms with Crippen molar-refractivity contribution in [3.8, 4) is 5.75 Å². The van der Waals surface area contributed by atoms with Crippen LogP contribution in [0.1, 0.15) is 17.3 Å². The predicted octanol–water partition coefficient (Wildman–Crippen LogP) is 1.48. The van der Waals surface area contributed by atoms with E-state index in [1.54, 1.807) is 0 Å². The van der Waals surface area contributed by atoms with Gasteiger partial charge in [0.25, 0.3) is 11.6 Å². The normalized spacial score (nSPS) is 9.65. The van der Waals surface area contributed by atoms with Crippen LogP contribution in [0, 0.1) is 10.1 Å². The van der Waals surface area contributed by atoms with Crippen LogP contribution in [-0.4, -0.2) is 29.8 Å². The zero-order valence-corrected chi connectivity index (χ0v) is 10.9. The highest BCUT2D eigenvalue weighted by atomic mass is 16.6. The Balaban J connectivity index is 2.84. The molecule has 0 aliphatic carbocycles. The van der Waals surface area contributed by atoms with Crippen LogP contribution in [0.15, 0.2) is 30.9 Å². The van der Waals surface area contributed by atoms with Crippen LogP contribution in [0.5, 0.6) is 5.75 Å². The molecule has 0 aliphatic rings. The minimum absolute atomic E-state index is 0.0655. The van der Waals surface area contributed by atoms with E-state index in [1.165, 1.54) is 25.1 Å². The van der Waals surface area contributed by atoms with Gasteiger partial charge in [-0.1, -0.05) is 6.08 Å². The molecule has 0 spiro atoms. The number of hydrogen-bond acceptors (Lipinski definition) is 5. The molecule has 0 atom stereocenters. The lowest BCUT2D eigenvalue weighted by molar-refractivity contribution is -0.384. The summed E-state index contributed by atoms with van der Waals surface area (Å²) in [5, 5.41) is 13.2. The van der Waals surface area contributed by atoms with Crippen LogP contribution >= 0.6 is 0 Å². The van der Waals surface area contributed by atoms with Gasteiger partial charge in [0.05, 0.1) is 10.5 Å². The summed E-state index contributed by atoms with van der Waals surface area (Å²) in [4.78, 5) is 32.8. The summed E-state index contributed by atoms with van der Waals surface area (Å²) in [6, 6.07) is 3.64. The minimum Gasteiger partial charge on any atom is -0.483 e. The Labute approximate surface area is 115 Å². The predicted molar refractivity (Wildman–Crippen MR) is 71.8 cm³/mol. The number of ether oxygens (including phenoxy) is 1. The van der Waals surface area contributed by atoms with Crippen molar-refractivity contribution in [2.75, 3.05) is 13.2 Å². The fourth-order valence-corrected chi connectivity index (χ4v) is 1.41. The first-order valence-corrected chi connectivity index (χ1v) is 5.75. The molecule has 0 saturated heterocycles. The first kappa shape index (κ1) is 15.4. The third-order valence-electron chi connectivity index (χ3n) is 2.36. The third-order valence-corrected chi connectivity index (χ3v) is 2.36. The number of non-ortho nitro benzene ring substituents is 1. The molecule has 0 aromatic heterocycles. The van der Waals surface area contributed by atoms with Crippen LogP contribution in [0.4, 0.5) is 5.69 Å². The zero-order valence-electron chi connectivity index (χ0n) is 10.9. The van der Waals surface area contributed by atoms with E-state index in [1.807, 2.05) is 0 Å². The molecule has 1 amide bonds. The number of nitrogens with one attached hydrogen (secondary N) is 1. The Kier molecular flexibility index (Phi) is 5.40. The van der Waals surface area contributed by atoms with Gasteiger partial charge in [-0.2, -0.15) is 0 Å². The molecule has 0 heterocycles. The van der Waals surface area contributed by atoms with E-state index in [0.717, 1.165) is 6.07 Å². The van der Waals surface area contributed by atoms with Gasteiger partial charge in [0, 0.05) is 18.7 Å². The lowest BCUT2D eigenvalue weighted by Crippen LogP contribution is -2.29.